The van der Waals surface area contributed by atoms with Crippen LogP contribution in [0.4, 0.5) is 34.1 Å². The van der Waals surface area contributed by atoms with E-state index in [-0.39, 0.29) is 43.6 Å². The Morgan fingerprint density at radius 3 is 0.864 bits per heavy atom. The standard InChI is InChI=1S/C120H79BN4/c1-118(2,3)78-70-113-115-114(71-78)125(117-83(76-60-64-91-89-40-14-24-54-101(89)119(103(91)68-76)97-50-20-10-36-85(97)86-37-11-21-51-98(86)119)48-31-49-84(117)77-61-65-92-90-41-15-25-55-102(90)120(104(92)69-77)99-52-22-12-38-87(99)88-39-13-23-53-100(88)120)112-73-80(123-109-58-28-18-44-95(109)96-45-19-29-59-110(96)123)63-67-106(112)121(115)105-66-62-79(122-107-56-26-16-42-93(107)94-43-17-27-57-108(94)122)72-111(105)124(113)116-81(74-32-6-4-7-33-74)46-30-47-82(116)75-34-8-5-9-35-75/h4-73H,1-3H3/i16D,17D,18D,19D,26D,27D,28D,29D,42D,43D,44D,45D,56D,57D,58D,59D. The van der Waals surface area contributed by atoms with E-state index in [4.69, 9.17) is 0 Å². The van der Waals surface area contributed by atoms with Crippen molar-refractivity contribution in [1.82, 2.24) is 9.13 Å². The first-order valence-corrected chi connectivity index (χ1v) is 42.7. The molecule has 2 spiro atoms. The maximum Gasteiger partial charge on any atom is 0.252 e. The predicted molar refractivity (Wildman–Crippen MR) is 522 cm³/mol. The molecule has 0 atom stereocenters. The quantitative estimate of drug-likeness (QED) is 0.141. The normalized spacial score (nSPS) is 15.8. The number of para-hydroxylation sites is 6. The lowest BCUT2D eigenvalue weighted by Crippen LogP contribution is -2.61. The SMILES string of the molecule is [2H]c1c([2H])c([2H])c2c(c1[2H])c1c([2H])c([2H])c([2H])c([2H])c1n2-c1ccc2c(c1)N(c1c(-c3ccccc3)cccc1-c1ccccc1)c1cc(C(C)(C)C)cc3c1B2c1ccc(-n2c4c([2H])c([2H])c([2H])c([2H])c4c4c([2H])c([2H])c([2H])c([2H])c42)cc1N3c1c(-c2ccc3c(c2)C2(c4ccccc4-c4ccccc42)c2ccccc2-3)cccc1-c1ccc2c(c1)C1(c3ccccc3-c3ccccc31)c1ccccc1-2. The third-order valence-electron chi connectivity index (χ3n) is 27.8. The van der Waals surface area contributed by atoms with Gasteiger partial charge in [0.25, 0.3) is 6.71 Å². The summed E-state index contributed by atoms with van der Waals surface area (Å²) in [6.07, 6.45) is 0. The fourth-order valence-corrected chi connectivity index (χ4v) is 22.8. The number of benzene rings is 19. The van der Waals surface area contributed by atoms with Crippen molar-refractivity contribution in [3.05, 3.63) is 474 Å². The van der Waals surface area contributed by atoms with E-state index in [1.54, 1.807) is 9.13 Å². The van der Waals surface area contributed by atoms with Crippen molar-refractivity contribution in [1.29, 1.82) is 0 Å². The molecule has 2 aromatic heterocycles. The Morgan fingerprint density at radius 2 is 0.536 bits per heavy atom. The summed E-state index contributed by atoms with van der Waals surface area (Å²) < 4.78 is 158. The van der Waals surface area contributed by atoms with Gasteiger partial charge in [0.05, 0.1) is 66.2 Å². The summed E-state index contributed by atoms with van der Waals surface area (Å²) in [6.45, 7) is 5.79. The van der Waals surface area contributed by atoms with Crippen molar-refractivity contribution in [3.63, 3.8) is 0 Å². The van der Waals surface area contributed by atoms with Crippen molar-refractivity contribution >= 4 is 101 Å². The highest BCUT2D eigenvalue weighted by atomic mass is 15.2. The van der Waals surface area contributed by atoms with Gasteiger partial charge in [-0.25, -0.2) is 0 Å². The molecular formula is C120H79BN4. The molecule has 125 heavy (non-hydrogen) atoms. The number of fused-ring (bicyclic) bond motifs is 30. The second-order valence-corrected chi connectivity index (χ2v) is 34.8. The van der Waals surface area contributed by atoms with Gasteiger partial charge in [-0.15, -0.1) is 0 Å². The monoisotopic (exact) mass is 1600 g/mol. The minimum absolute atomic E-state index is 0.0555. The van der Waals surface area contributed by atoms with E-state index in [2.05, 4.69) is 291 Å². The van der Waals surface area contributed by atoms with Crippen LogP contribution in [0.3, 0.4) is 0 Å². The molecule has 4 nitrogen and oxygen atoms in total. The molecule has 0 amide bonds. The van der Waals surface area contributed by atoms with Gasteiger partial charge in [0.2, 0.25) is 0 Å². The van der Waals surface area contributed by atoms with Crippen molar-refractivity contribution in [2.75, 3.05) is 9.80 Å². The fourth-order valence-electron chi connectivity index (χ4n) is 22.8. The first kappa shape index (κ1) is 56.1. The summed E-state index contributed by atoms with van der Waals surface area (Å²) >= 11 is 0. The molecule has 6 aliphatic rings. The van der Waals surface area contributed by atoms with E-state index in [1.807, 2.05) is 66.7 Å². The van der Waals surface area contributed by atoms with Gasteiger partial charge in [-0.2, -0.15) is 0 Å². The topological polar surface area (TPSA) is 16.3 Å². The lowest BCUT2D eigenvalue weighted by atomic mass is 9.33. The van der Waals surface area contributed by atoms with Gasteiger partial charge in [0, 0.05) is 77.9 Å². The minimum Gasteiger partial charge on any atom is -0.310 e. The van der Waals surface area contributed by atoms with Gasteiger partial charge in [-0.3, -0.25) is 0 Å². The molecular weight excluding hydrogens is 1510 g/mol. The van der Waals surface area contributed by atoms with Crippen molar-refractivity contribution in [2.24, 2.45) is 0 Å². The summed E-state index contributed by atoms with van der Waals surface area (Å²) in [5.41, 5.74) is 30.3. The van der Waals surface area contributed by atoms with E-state index < -0.39 is 120 Å². The van der Waals surface area contributed by atoms with Gasteiger partial charge in [-0.1, -0.05) is 372 Å². The Labute approximate surface area is 749 Å². The second kappa shape index (κ2) is 26.0. The zero-order valence-corrected chi connectivity index (χ0v) is 68.0. The lowest BCUT2D eigenvalue weighted by molar-refractivity contribution is 0.590. The van der Waals surface area contributed by atoms with Gasteiger partial charge < -0.3 is 18.9 Å². The van der Waals surface area contributed by atoms with Crippen LogP contribution in [0.1, 0.15) is 92.8 Å². The van der Waals surface area contributed by atoms with E-state index in [1.165, 1.54) is 0 Å². The van der Waals surface area contributed by atoms with E-state index in [0.29, 0.717) is 22.7 Å². The summed E-state index contributed by atoms with van der Waals surface area (Å²) in [4.78, 5) is 4.76. The van der Waals surface area contributed by atoms with Crippen molar-refractivity contribution in [3.8, 4) is 100 Å². The molecule has 0 saturated carbocycles. The molecule has 0 N–H and O–H groups in total. The Hall–Kier alpha value is -15.6. The number of anilines is 6. The lowest BCUT2D eigenvalue weighted by Gasteiger charge is -2.46. The zero-order chi connectivity index (χ0) is 96.2. The van der Waals surface area contributed by atoms with Crippen molar-refractivity contribution < 1.29 is 21.9 Å². The van der Waals surface area contributed by atoms with Crippen molar-refractivity contribution in [2.45, 2.75) is 37.0 Å². The van der Waals surface area contributed by atoms with Crippen LogP contribution in [-0.4, -0.2) is 15.8 Å². The Kier molecular flexibility index (Phi) is 11.7. The van der Waals surface area contributed by atoms with Gasteiger partial charge in [0.15, 0.2) is 0 Å². The highest BCUT2D eigenvalue weighted by Gasteiger charge is 2.55. The molecule has 2 aliphatic heterocycles. The number of aromatic nitrogens is 2. The largest absolute Gasteiger partial charge is 0.310 e. The molecule has 4 heterocycles. The first-order valence-electron chi connectivity index (χ1n) is 50.7. The van der Waals surface area contributed by atoms with E-state index in [0.717, 1.165) is 178 Å². The predicted octanol–water partition coefficient (Wildman–Crippen LogP) is 28.6. The van der Waals surface area contributed by atoms with Crippen LogP contribution in [0.2, 0.25) is 0 Å². The molecule has 4 aliphatic carbocycles. The summed E-state index contributed by atoms with van der Waals surface area (Å²) in [6, 6.07) is 109. The van der Waals surface area contributed by atoms with Crippen LogP contribution in [0.25, 0.3) is 144 Å². The number of rotatable bonds is 8. The second-order valence-electron chi connectivity index (χ2n) is 34.8. The van der Waals surface area contributed by atoms with Gasteiger partial charge in [-0.05, 0) is 211 Å². The molecule has 0 unspecified atom stereocenters. The maximum atomic E-state index is 10.2. The van der Waals surface area contributed by atoms with Crippen LogP contribution in [0.5, 0.6) is 0 Å². The fraction of sp³-hybridized carbons (Fsp3) is 0.0500. The molecule has 19 aromatic carbocycles. The van der Waals surface area contributed by atoms with Crippen LogP contribution in [-0.2, 0) is 16.2 Å². The van der Waals surface area contributed by atoms with E-state index >= 15 is 0 Å². The highest BCUT2D eigenvalue weighted by molar-refractivity contribution is 7.00. The first-order chi connectivity index (χ1) is 68.3. The van der Waals surface area contributed by atoms with Gasteiger partial charge >= 0.3 is 0 Å². The average Bonchev–Trinajstić information content (AvgIpc) is 0.930. The maximum absolute atomic E-state index is 10.2. The molecule has 5 heteroatoms. The van der Waals surface area contributed by atoms with Crippen LogP contribution in [0.15, 0.2) is 424 Å². The molecule has 27 rings (SSSR count). The summed E-state index contributed by atoms with van der Waals surface area (Å²) in [5, 5.41) is -0.320. The number of nitrogens with zero attached hydrogens (tertiary/aromatic N) is 4. The van der Waals surface area contributed by atoms with Gasteiger partial charge in [0.1, 0.15) is 0 Å². The smallest absolute Gasteiger partial charge is 0.252 e. The van der Waals surface area contributed by atoms with Crippen LogP contribution in [0, 0.1) is 0 Å². The molecule has 582 valence electrons. The summed E-state index contributed by atoms with van der Waals surface area (Å²) in [5.74, 6) is 0. The Morgan fingerprint density at radius 1 is 0.248 bits per heavy atom. The Bertz CT molecular complexity index is 8750. The molecule has 0 radical (unpaired) electrons. The minimum atomic E-state index is -0.827. The number of hydrogen-bond donors (Lipinski definition) is 0. The molecule has 0 saturated heterocycles. The Balaban J connectivity index is 0.832. The van der Waals surface area contributed by atoms with E-state index in [9.17, 15) is 21.9 Å². The molecule has 21 aromatic rings. The number of hydrogen-bond acceptors (Lipinski definition) is 2. The molecule has 0 fully saturated rings. The van der Waals surface area contributed by atoms with Crippen LogP contribution < -0.4 is 26.2 Å². The highest BCUT2D eigenvalue weighted by Crippen LogP contribution is 2.67. The third-order valence-corrected chi connectivity index (χ3v) is 27.8. The van der Waals surface area contributed by atoms with Crippen LogP contribution >= 0.6 is 0 Å². The average molecular weight is 1600 g/mol. The summed E-state index contributed by atoms with van der Waals surface area (Å²) in [7, 11) is 0. The molecule has 0 bridgehead atoms. The zero-order valence-electron chi connectivity index (χ0n) is 84.0. The third kappa shape index (κ3) is 9.46.